The van der Waals surface area contributed by atoms with Crippen LogP contribution in [0.4, 0.5) is 0 Å². The SMILES string of the molecule is Cc1ccc(OCC(=O)N(C)CCC2CCOCC2)cc1. The Bertz CT molecular complexity index is 438. The van der Waals surface area contributed by atoms with Gasteiger partial charge in [-0.05, 0) is 44.2 Å². The van der Waals surface area contributed by atoms with Crippen molar-refractivity contribution in [3.63, 3.8) is 0 Å². The highest BCUT2D eigenvalue weighted by atomic mass is 16.5. The topological polar surface area (TPSA) is 38.8 Å². The standard InChI is InChI=1S/C17H25NO3/c1-14-3-5-16(6-4-14)21-13-17(19)18(2)10-7-15-8-11-20-12-9-15/h3-6,15H,7-13H2,1-2H3. The van der Waals surface area contributed by atoms with E-state index in [-0.39, 0.29) is 12.5 Å². The fourth-order valence-corrected chi connectivity index (χ4v) is 2.43. The Morgan fingerprint density at radius 2 is 1.95 bits per heavy atom. The highest BCUT2D eigenvalue weighted by Gasteiger charge is 2.16. The van der Waals surface area contributed by atoms with Gasteiger partial charge in [0, 0.05) is 26.8 Å². The molecular formula is C17H25NO3. The summed E-state index contributed by atoms with van der Waals surface area (Å²) >= 11 is 0. The van der Waals surface area contributed by atoms with Gasteiger partial charge < -0.3 is 14.4 Å². The maximum absolute atomic E-state index is 12.0. The minimum absolute atomic E-state index is 0.0302. The van der Waals surface area contributed by atoms with E-state index in [1.165, 1.54) is 5.56 Å². The van der Waals surface area contributed by atoms with Crippen LogP contribution in [0.3, 0.4) is 0 Å². The van der Waals surface area contributed by atoms with Gasteiger partial charge in [0.2, 0.25) is 0 Å². The average molecular weight is 291 g/mol. The number of likely N-dealkylation sites (N-methyl/N-ethyl adjacent to an activating group) is 1. The van der Waals surface area contributed by atoms with Crippen LogP contribution in [0.25, 0.3) is 0 Å². The highest BCUT2D eigenvalue weighted by molar-refractivity contribution is 5.77. The Morgan fingerprint density at radius 3 is 2.62 bits per heavy atom. The Morgan fingerprint density at radius 1 is 1.29 bits per heavy atom. The van der Waals surface area contributed by atoms with Gasteiger partial charge in [-0.2, -0.15) is 0 Å². The molecule has 0 atom stereocenters. The molecule has 1 amide bonds. The Kier molecular flexibility index (Phi) is 6.05. The van der Waals surface area contributed by atoms with Gasteiger partial charge in [-0.1, -0.05) is 17.7 Å². The van der Waals surface area contributed by atoms with Crippen LogP contribution in [0.5, 0.6) is 5.75 Å². The predicted octanol–water partition coefficient (Wildman–Crippen LogP) is 2.65. The molecule has 1 fully saturated rings. The normalized spacial score (nSPS) is 15.7. The van der Waals surface area contributed by atoms with Crippen LogP contribution in [0, 0.1) is 12.8 Å². The molecule has 4 nitrogen and oxygen atoms in total. The van der Waals surface area contributed by atoms with E-state index >= 15 is 0 Å². The first-order valence-corrected chi connectivity index (χ1v) is 7.66. The van der Waals surface area contributed by atoms with Crippen LogP contribution in [0.1, 0.15) is 24.8 Å². The monoisotopic (exact) mass is 291 g/mol. The van der Waals surface area contributed by atoms with Gasteiger partial charge in [0.25, 0.3) is 5.91 Å². The summed E-state index contributed by atoms with van der Waals surface area (Å²) in [5, 5.41) is 0. The molecule has 0 bridgehead atoms. The largest absolute Gasteiger partial charge is 0.484 e. The molecule has 1 aromatic carbocycles. The van der Waals surface area contributed by atoms with E-state index in [0.29, 0.717) is 5.92 Å². The van der Waals surface area contributed by atoms with Crippen LogP contribution in [-0.2, 0) is 9.53 Å². The maximum atomic E-state index is 12.0. The average Bonchev–Trinajstić information content (AvgIpc) is 2.52. The predicted molar refractivity (Wildman–Crippen MR) is 82.5 cm³/mol. The van der Waals surface area contributed by atoms with Crippen molar-refractivity contribution in [2.75, 3.05) is 33.4 Å². The first-order valence-electron chi connectivity index (χ1n) is 7.66. The Balaban J connectivity index is 1.68. The number of amides is 1. The van der Waals surface area contributed by atoms with Gasteiger partial charge in [0.1, 0.15) is 5.75 Å². The molecule has 1 heterocycles. The van der Waals surface area contributed by atoms with E-state index in [4.69, 9.17) is 9.47 Å². The summed E-state index contributed by atoms with van der Waals surface area (Å²) < 4.78 is 10.9. The zero-order chi connectivity index (χ0) is 15.1. The maximum Gasteiger partial charge on any atom is 0.260 e. The van der Waals surface area contributed by atoms with E-state index in [1.807, 2.05) is 38.2 Å². The number of aryl methyl sites for hydroxylation is 1. The lowest BCUT2D eigenvalue weighted by Gasteiger charge is -2.24. The molecular weight excluding hydrogens is 266 g/mol. The third kappa shape index (κ3) is 5.38. The molecule has 0 unspecified atom stereocenters. The minimum Gasteiger partial charge on any atom is -0.484 e. The molecule has 1 aromatic rings. The van der Waals surface area contributed by atoms with E-state index in [0.717, 1.165) is 44.8 Å². The van der Waals surface area contributed by atoms with Gasteiger partial charge >= 0.3 is 0 Å². The fraction of sp³-hybridized carbons (Fsp3) is 0.588. The van der Waals surface area contributed by atoms with Crippen LogP contribution >= 0.6 is 0 Å². The molecule has 2 rings (SSSR count). The molecule has 0 aromatic heterocycles. The van der Waals surface area contributed by atoms with E-state index in [1.54, 1.807) is 4.90 Å². The first kappa shape index (κ1) is 15.8. The zero-order valence-electron chi connectivity index (χ0n) is 13.0. The van der Waals surface area contributed by atoms with Gasteiger partial charge in [-0.25, -0.2) is 0 Å². The van der Waals surface area contributed by atoms with Gasteiger partial charge in [-0.3, -0.25) is 4.79 Å². The molecule has 116 valence electrons. The molecule has 0 aliphatic carbocycles. The molecule has 0 N–H and O–H groups in total. The molecule has 1 saturated heterocycles. The second-order valence-corrected chi connectivity index (χ2v) is 5.76. The lowest BCUT2D eigenvalue weighted by molar-refractivity contribution is -0.132. The summed E-state index contributed by atoms with van der Waals surface area (Å²) in [6.45, 7) is 4.64. The van der Waals surface area contributed by atoms with Crippen molar-refractivity contribution in [2.24, 2.45) is 5.92 Å². The summed E-state index contributed by atoms with van der Waals surface area (Å²) in [7, 11) is 1.85. The third-order valence-corrected chi connectivity index (χ3v) is 4.02. The summed E-state index contributed by atoms with van der Waals surface area (Å²) in [5.41, 5.74) is 1.18. The number of carbonyl (C=O) groups is 1. The highest BCUT2D eigenvalue weighted by Crippen LogP contribution is 2.18. The first-order chi connectivity index (χ1) is 10.1. The van der Waals surface area contributed by atoms with Crippen LogP contribution < -0.4 is 4.74 Å². The zero-order valence-corrected chi connectivity index (χ0v) is 13.0. The summed E-state index contributed by atoms with van der Waals surface area (Å²) in [4.78, 5) is 13.8. The summed E-state index contributed by atoms with van der Waals surface area (Å²) in [6.07, 6.45) is 3.28. The quantitative estimate of drug-likeness (QED) is 0.809. The van der Waals surface area contributed by atoms with Crippen molar-refractivity contribution in [1.29, 1.82) is 0 Å². The number of hydrogen-bond donors (Lipinski definition) is 0. The summed E-state index contributed by atoms with van der Waals surface area (Å²) in [5.74, 6) is 1.46. The number of benzene rings is 1. The smallest absolute Gasteiger partial charge is 0.260 e. The molecule has 0 spiro atoms. The van der Waals surface area contributed by atoms with Crippen molar-refractivity contribution < 1.29 is 14.3 Å². The van der Waals surface area contributed by atoms with Crippen LogP contribution in [0.15, 0.2) is 24.3 Å². The second kappa shape index (κ2) is 8.03. The third-order valence-electron chi connectivity index (χ3n) is 4.02. The molecule has 0 radical (unpaired) electrons. The lowest BCUT2D eigenvalue weighted by atomic mass is 9.96. The van der Waals surface area contributed by atoms with Crippen molar-refractivity contribution in [1.82, 2.24) is 4.90 Å². The van der Waals surface area contributed by atoms with Crippen molar-refractivity contribution in [3.8, 4) is 5.75 Å². The molecule has 21 heavy (non-hydrogen) atoms. The number of nitrogens with zero attached hydrogens (tertiary/aromatic N) is 1. The van der Waals surface area contributed by atoms with Crippen molar-refractivity contribution in [3.05, 3.63) is 29.8 Å². The lowest BCUT2D eigenvalue weighted by Crippen LogP contribution is -2.33. The molecule has 1 aliphatic rings. The number of hydrogen-bond acceptors (Lipinski definition) is 3. The number of rotatable bonds is 6. The van der Waals surface area contributed by atoms with Crippen molar-refractivity contribution >= 4 is 5.91 Å². The van der Waals surface area contributed by atoms with Crippen molar-refractivity contribution in [2.45, 2.75) is 26.2 Å². The van der Waals surface area contributed by atoms with Gasteiger partial charge in [-0.15, -0.1) is 0 Å². The van der Waals surface area contributed by atoms with Gasteiger partial charge in [0.05, 0.1) is 0 Å². The Hall–Kier alpha value is -1.55. The van der Waals surface area contributed by atoms with Crippen LogP contribution in [-0.4, -0.2) is 44.2 Å². The molecule has 4 heteroatoms. The molecule has 0 saturated carbocycles. The fourth-order valence-electron chi connectivity index (χ4n) is 2.43. The van der Waals surface area contributed by atoms with E-state index in [2.05, 4.69) is 0 Å². The molecule has 1 aliphatic heterocycles. The Labute approximate surface area is 127 Å². The van der Waals surface area contributed by atoms with E-state index in [9.17, 15) is 4.79 Å². The van der Waals surface area contributed by atoms with E-state index < -0.39 is 0 Å². The second-order valence-electron chi connectivity index (χ2n) is 5.76. The number of ether oxygens (including phenoxy) is 2. The van der Waals surface area contributed by atoms with Gasteiger partial charge in [0.15, 0.2) is 6.61 Å². The minimum atomic E-state index is 0.0302. The summed E-state index contributed by atoms with van der Waals surface area (Å²) in [6, 6.07) is 7.75. The number of carbonyl (C=O) groups excluding carboxylic acids is 1. The van der Waals surface area contributed by atoms with Crippen LogP contribution in [0.2, 0.25) is 0 Å².